The lowest BCUT2D eigenvalue weighted by Gasteiger charge is -2.15. The molecular formula is C17H21F3N4O2S. The van der Waals surface area contributed by atoms with Gasteiger partial charge in [-0.25, -0.2) is 0 Å². The first-order valence-corrected chi connectivity index (χ1v) is 9.37. The molecule has 1 N–H and O–H groups in total. The first-order valence-electron chi connectivity index (χ1n) is 8.38. The summed E-state index contributed by atoms with van der Waals surface area (Å²) >= 11 is 1.16. The van der Waals surface area contributed by atoms with Crippen LogP contribution in [0, 0.1) is 0 Å². The summed E-state index contributed by atoms with van der Waals surface area (Å²) in [4.78, 5) is 12.2. The van der Waals surface area contributed by atoms with Gasteiger partial charge in [-0.2, -0.15) is 13.2 Å². The van der Waals surface area contributed by atoms with Crippen LogP contribution in [0.15, 0.2) is 29.7 Å². The van der Waals surface area contributed by atoms with Crippen molar-refractivity contribution in [3.05, 3.63) is 30.1 Å². The predicted molar refractivity (Wildman–Crippen MR) is 97.0 cm³/mol. The smallest absolute Gasteiger partial charge is 0.416 e. The molecule has 0 saturated heterocycles. The molecule has 27 heavy (non-hydrogen) atoms. The van der Waals surface area contributed by atoms with Crippen LogP contribution in [0.25, 0.3) is 0 Å². The summed E-state index contributed by atoms with van der Waals surface area (Å²) in [6.07, 6.45) is -2.26. The largest absolute Gasteiger partial charge is 0.491 e. The van der Waals surface area contributed by atoms with Crippen LogP contribution < -0.4 is 10.1 Å². The molecule has 0 atom stereocenters. The molecule has 148 valence electrons. The van der Waals surface area contributed by atoms with Gasteiger partial charge in [-0.1, -0.05) is 18.7 Å². The highest BCUT2D eigenvalue weighted by molar-refractivity contribution is 7.99. The SMILES string of the molecule is CCCOc1ccc(C(F)(F)F)cc1NC(=O)CSc1nncn1C(C)C. The van der Waals surface area contributed by atoms with Crippen LogP contribution in [-0.2, 0) is 11.0 Å². The minimum absolute atomic E-state index is 0.00537. The van der Waals surface area contributed by atoms with E-state index >= 15 is 0 Å². The Morgan fingerprint density at radius 2 is 2.11 bits per heavy atom. The van der Waals surface area contributed by atoms with Gasteiger partial charge in [0, 0.05) is 6.04 Å². The van der Waals surface area contributed by atoms with Gasteiger partial charge in [-0.05, 0) is 38.5 Å². The topological polar surface area (TPSA) is 69.0 Å². The van der Waals surface area contributed by atoms with Crippen LogP contribution in [0.1, 0.15) is 38.8 Å². The number of ether oxygens (including phenoxy) is 1. The molecule has 2 rings (SSSR count). The second-order valence-corrected chi connectivity index (χ2v) is 6.95. The van der Waals surface area contributed by atoms with Crippen molar-refractivity contribution in [2.75, 3.05) is 17.7 Å². The number of carbonyl (C=O) groups excluding carboxylic acids is 1. The highest BCUT2D eigenvalue weighted by Crippen LogP contribution is 2.35. The zero-order valence-corrected chi connectivity index (χ0v) is 16.0. The maximum Gasteiger partial charge on any atom is 0.416 e. The van der Waals surface area contributed by atoms with Gasteiger partial charge in [0.15, 0.2) is 5.16 Å². The Hall–Kier alpha value is -2.23. The number of hydrogen-bond donors (Lipinski definition) is 1. The van der Waals surface area contributed by atoms with Gasteiger partial charge in [0.05, 0.1) is 23.6 Å². The molecule has 0 aliphatic rings. The molecule has 6 nitrogen and oxygen atoms in total. The number of rotatable bonds is 8. The normalized spacial score (nSPS) is 11.7. The Morgan fingerprint density at radius 3 is 2.74 bits per heavy atom. The van der Waals surface area contributed by atoms with Gasteiger partial charge in [-0.15, -0.1) is 10.2 Å². The molecule has 2 aromatic rings. The zero-order valence-electron chi connectivity index (χ0n) is 15.2. The Kier molecular flexibility index (Phi) is 7.11. The highest BCUT2D eigenvalue weighted by Gasteiger charge is 2.31. The average Bonchev–Trinajstić information content (AvgIpc) is 3.07. The van der Waals surface area contributed by atoms with Crippen LogP contribution in [0.3, 0.4) is 0 Å². The first kappa shape index (κ1) is 21.1. The summed E-state index contributed by atoms with van der Waals surface area (Å²) in [6, 6.07) is 3.16. The molecule has 0 radical (unpaired) electrons. The summed E-state index contributed by atoms with van der Waals surface area (Å²) < 4.78 is 46.1. The van der Waals surface area contributed by atoms with E-state index in [1.54, 1.807) is 10.9 Å². The van der Waals surface area contributed by atoms with Crippen LogP contribution in [0.4, 0.5) is 18.9 Å². The van der Waals surface area contributed by atoms with Gasteiger partial charge >= 0.3 is 6.18 Å². The van der Waals surface area contributed by atoms with Crippen molar-refractivity contribution in [3.63, 3.8) is 0 Å². The summed E-state index contributed by atoms with van der Waals surface area (Å²) in [5.74, 6) is -0.276. The van der Waals surface area contributed by atoms with Crippen molar-refractivity contribution >= 4 is 23.4 Å². The number of thioether (sulfide) groups is 1. The first-order chi connectivity index (χ1) is 12.7. The lowest BCUT2D eigenvalue weighted by molar-refractivity contribution is -0.137. The average molecular weight is 402 g/mol. The quantitative estimate of drug-likeness (QED) is 0.663. The van der Waals surface area contributed by atoms with Crippen molar-refractivity contribution in [3.8, 4) is 5.75 Å². The monoisotopic (exact) mass is 402 g/mol. The second kappa shape index (κ2) is 9.12. The Bertz CT molecular complexity index is 778. The molecule has 0 bridgehead atoms. The van der Waals surface area contributed by atoms with Crippen LogP contribution in [0.5, 0.6) is 5.75 Å². The zero-order chi connectivity index (χ0) is 20.0. The molecule has 0 fully saturated rings. The van der Waals surface area contributed by atoms with Gasteiger partial charge in [0.2, 0.25) is 5.91 Å². The van der Waals surface area contributed by atoms with E-state index in [9.17, 15) is 18.0 Å². The van der Waals surface area contributed by atoms with Gasteiger partial charge in [0.25, 0.3) is 0 Å². The summed E-state index contributed by atoms with van der Waals surface area (Å²) in [7, 11) is 0. The van der Waals surface area contributed by atoms with E-state index in [1.807, 2.05) is 20.8 Å². The highest BCUT2D eigenvalue weighted by atomic mass is 32.2. The Labute approximate surface area is 159 Å². The third-order valence-corrected chi connectivity index (χ3v) is 4.43. The molecule has 0 saturated carbocycles. The van der Waals surface area contributed by atoms with Crippen molar-refractivity contribution in [1.29, 1.82) is 0 Å². The number of hydrogen-bond acceptors (Lipinski definition) is 5. The molecule has 1 heterocycles. The summed E-state index contributed by atoms with van der Waals surface area (Å²) in [5.41, 5.74) is -0.858. The molecule has 10 heteroatoms. The number of alkyl halides is 3. The fraction of sp³-hybridized carbons (Fsp3) is 0.471. The van der Waals surface area contributed by atoms with E-state index in [0.717, 1.165) is 23.9 Å². The molecule has 1 amide bonds. The van der Waals surface area contributed by atoms with E-state index in [1.165, 1.54) is 6.07 Å². The number of anilines is 1. The van der Waals surface area contributed by atoms with E-state index in [2.05, 4.69) is 15.5 Å². The maximum absolute atomic E-state index is 13.0. The number of carbonyl (C=O) groups is 1. The Morgan fingerprint density at radius 1 is 1.37 bits per heavy atom. The number of nitrogens with one attached hydrogen (secondary N) is 1. The molecule has 0 aliphatic heterocycles. The number of amides is 1. The number of aromatic nitrogens is 3. The second-order valence-electron chi connectivity index (χ2n) is 6.01. The Balaban J connectivity index is 2.11. The number of benzene rings is 1. The van der Waals surface area contributed by atoms with Crippen molar-refractivity contribution < 1.29 is 22.7 Å². The fourth-order valence-electron chi connectivity index (χ4n) is 2.15. The summed E-state index contributed by atoms with van der Waals surface area (Å²) in [6.45, 7) is 6.12. The molecule has 0 unspecified atom stereocenters. The number of halogens is 3. The minimum atomic E-state index is -4.51. The third-order valence-electron chi connectivity index (χ3n) is 3.47. The molecular weight excluding hydrogens is 381 g/mol. The van der Waals surface area contributed by atoms with Crippen molar-refractivity contribution in [2.45, 2.75) is 44.6 Å². The van der Waals surface area contributed by atoms with Crippen molar-refractivity contribution in [2.24, 2.45) is 0 Å². The van der Waals surface area contributed by atoms with Gasteiger partial charge in [-0.3, -0.25) is 4.79 Å². The lowest BCUT2D eigenvalue weighted by Crippen LogP contribution is -2.17. The van der Waals surface area contributed by atoms with E-state index in [-0.39, 0.29) is 23.2 Å². The van der Waals surface area contributed by atoms with Crippen LogP contribution in [-0.4, -0.2) is 33.0 Å². The van der Waals surface area contributed by atoms with E-state index < -0.39 is 17.6 Å². The van der Waals surface area contributed by atoms with E-state index in [4.69, 9.17) is 4.74 Å². The summed E-state index contributed by atoms with van der Waals surface area (Å²) in [5, 5.41) is 10.8. The van der Waals surface area contributed by atoms with Crippen molar-refractivity contribution in [1.82, 2.24) is 14.8 Å². The van der Waals surface area contributed by atoms with Crippen LogP contribution >= 0.6 is 11.8 Å². The molecule has 1 aromatic carbocycles. The molecule has 1 aromatic heterocycles. The van der Waals surface area contributed by atoms with Gasteiger partial charge < -0.3 is 14.6 Å². The molecule has 0 aliphatic carbocycles. The number of nitrogens with zero attached hydrogens (tertiary/aromatic N) is 3. The standard InChI is InChI=1S/C17H21F3N4O2S/c1-4-7-26-14-6-5-12(17(18,19)20)8-13(14)22-15(25)9-27-16-23-21-10-24(16)11(2)3/h5-6,8,10-11H,4,7,9H2,1-3H3,(H,22,25). The maximum atomic E-state index is 13.0. The lowest BCUT2D eigenvalue weighted by atomic mass is 10.1. The minimum Gasteiger partial charge on any atom is -0.491 e. The predicted octanol–water partition coefficient (Wildman–Crippen LogP) is 4.40. The fourth-order valence-corrected chi connectivity index (χ4v) is 2.99. The molecule has 0 spiro atoms. The van der Waals surface area contributed by atoms with E-state index in [0.29, 0.717) is 18.2 Å². The van der Waals surface area contributed by atoms with Crippen LogP contribution in [0.2, 0.25) is 0 Å². The third kappa shape index (κ3) is 5.88. The van der Waals surface area contributed by atoms with Gasteiger partial charge in [0.1, 0.15) is 12.1 Å².